The minimum Gasteiger partial charge on any atom is -0.463 e. The lowest BCUT2D eigenvalue weighted by molar-refractivity contribution is -0.292. The number of carbonyl (C=O) groups excluding carboxylic acids is 3. The molecule has 1 fully saturated rings. The molecule has 0 aliphatic carbocycles. The molecule has 0 bridgehead atoms. The molecule has 0 N–H and O–H groups in total. The van der Waals surface area contributed by atoms with Gasteiger partial charge >= 0.3 is 17.9 Å². The van der Waals surface area contributed by atoms with Gasteiger partial charge in [0.2, 0.25) is 0 Å². The number of esters is 3. The Morgan fingerprint density at radius 1 is 1.00 bits per heavy atom. The molecule has 1 aliphatic rings. The van der Waals surface area contributed by atoms with Crippen molar-refractivity contribution in [2.24, 2.45) is 5.92 Å². The van der Waals surface area contributed by atoms with Crippen LogP contribution in [-0.2, 0) is 38.1 Å². The van der Waals surface area contributed by atoms with Gasteiger partial charge in [0, 0.05) is 32.0 Å². The lowest BCUT2D eigenvalue weighted by Crippen LogP contribution is -2.58. The molecule has 24 heavy (non-hydrogen) atoms. The Morgan fingerprint density at radius 2 is 1.58 bits per heavy atom. The van der Waals surface area contributed by atoms with E-state index in [0.717, 1.165) is 0 Å². The monoisotopic (exact) mass is 410 g/mol. The van der Waals surface area contributed by atoms with Crippen LogP contribution in [0.5, 0.6) is 0 Å². The number of ether oxygens (including phenoxy) is 5. The first-order valence-corrected chi connectivity index (χ1v) is 8.69. The first-order chi connectivity index (χ1) is 11.3. The molecule has 0 saturated carbocycles. The number of carbonyl (C=O) groups is 3. The molecule has 138 valence electrons. The van der Waals surface area contributed by atoms with Crippen LogP contribution in [0.15, 0.2) is 0 Å². The van der Waals surface area contributed by atoms with Crippen LogP contribution in [0, 0.1) is 5.92 Å². The summed E-state index contributed by atoms with van der Waals surface area (Å²) >= 11 is 3.24. The van der Waals surface area contributed by atoms with E-state index in [9.17, 15) is 14.4 Å². The van der Waals surface area contributed by atoms with Gasteiger partial charge in [-0.15, -0.1) is 0 Å². The van der Waals surface area contributed by atoms with Crippen LogP contribution in [0.3, 0.4) is 0 Å². The van der Waals surface area contributed by atoms with Crippen LogP contribution < -0.4 is 0 Å². The topological polar surface area (TPSA) is 97.4 Å². The quantitative estimate of drug-likeness (QED) is 0.350. The average molecular weight is 411 g/mol. The highest BCUT2D eigenvalue weighted by Crippen LogP contribution is 2.31. The zero-order valence-corrected chi connectivity index (χ0v) is 15.7. The van der Waals surface area contributed by atoms with Gasteiger partial charge in [-0.05, 0) is 0 Å². The summed E-state index contributed by atoms with van der Waals surface area (Å²) < 4.78 is 26.9. The second kappa shape index (κ2) is 9.95. The van der Waals surface area contributed by atoms with Crippen LogP contribution in [-0.4, -0.2) is 61.1 Å². The number of hydrogen-bond acceptors (Lipinski definition) is 8. The summed E-state index contributed by atoms with van der Waals surface area (Å²) in [5.74, 6) is -1.90. The number of hydrogen-bond donors (Lipinski definition) is 0. The summed E-state index contributed by atoms with van der Waals surface area (Å²) in [7, 11) is 0. The zero-order chi connectivity index (χ0) is 18.3. The van der Waals surface area contributed by atoms with Gasteiger partial charge < -0.3 is 23.7 Å². The minimum absolute atomic E-state index is 0.0986. The Kier molecular flexibility index (Phi) is 8.65. The molecule has 1 heterocycles. The van der Waals surface area contributed by atoms with Crippen LogP contribution >= 0.6 is 15.9 Å². The smallest absolute Gasteiger partial charge is 0.303 e. The van der Waals surface area contributed by atoms with E-state index in [4.69, 9.17) is 23.7 Å². The molecular formula is C15H23BrO8. The number of alkyl halides is 1. The van der Waals surface area contributed by atoms with Gasteiger partial charge in [0.05, 0.1) is 6.61 Å². The summed E-state index contributed by atoms with van der Waals surface area (Å²) in [4.78, 5) is 33.8. The summed E-state index contributed by atoms with van der Waals surface area (Å²) in [5.41, 5.74) is 0. The maximum absolute atomic E-state index is 11.4. The van der Waals surface area contributed by atoms with Gasteiger partial charge in [0.15, 0.2) is 12.4 Å². The summed E-state index contributed by atoms with van der Waals surface area (Å²) in [5, 5.41) is 0.565. The largest absolute Gasteiger partial charge is 0.463 e. The summed E-state index contributed by atoms with van der Waals surface area (Å²) in [6.45, 7) is 5.80. The van der Waals surface area contributed by atoms with Crippen molar-refractivity contribution < 1.29 is 38.1 Å². The Morgan fingerprint density at radius 3 is 2.08 bits per heavy atom. The molecule has 9 heteroatoms. The van der Waals surface area contributed by atoms with E-state index in [1.165, 1.54) is 20.8 Å². The fourth-order valence-electron chi connectivity index (χ4n) is 2.46. The highest BCUT2D eigenvalue weighted by Gasteiger charge is 2.48. The second-order valence-electron chi connectivity index (χ2n) is 5.41. The highest BCUT2D eigenvalue weighted by atomic mass is 79.9. The van der Waals surface area contributed by atoms with Gasteiger partial charge in [-0.25, -0.2) is 0 Å². The van der Waals surface area contributed by atoms with Crippen LogP contribution in [0.4, 0.5) is 0 Å². The van der Waals surface area contributed by atoms with E-state index < -0.39 is 48.4 Å². The fourth-order valence-corrected chi connectivity index (χ4v) is 2.65. The molecule has 0 spiro atoms. The van der Waals surface area contributed by atoms with Crippen molar-refractivity contribution in [2.75, 3.05) is 18.5 Å². The second-order valence-corrected chi connectivity index (χ2v) is 6.21. The molecule has 1 aliphatic heterocycles. The highest BCUT2D eigenvalue weighted by molar-refractivity contribution is 9.09. The summed E-state index contributed by atoms with van der Waals surface area (Å²) in [6.07, 6.45) is -3.07. The van der Waals surface area contributed by atoms with Crippen molar-refractivity contribution in [3.8, 4) is 0 Å². The molecule has 5 atom stereocenters. The normalized spacial score (nSPS) is 29.6. The van der Waals surface area contributed by atoms with E-state index in [1.54, 1.807) is 6.92 Å². The molecule has 1 rings (SSSR count). The molecule has 0 aromatic carbocycles. The average Bonchev–Trinajstić information content (AvgIpc) is 2.48. The van der Waals surface area contributed by atoms with E-state index in [2.05, 4.69) is 15.9 Å². The van der Waals surface area contributed by atoms with Gasteiger partial charge in [-0.3, -0.25) is 14.4 Å². The van der Waals surface area contributed by atoms with Crippen LogP contribution in [0.2, 0.25) is 0 Å². The standard InChI is InChI=1S/C15H23BrO8/c1-8-13(22-10(3)18)12(7-21-9(2)17)24-15(20-6-5-16)14(8)23-11(4)19/h8,12-15H,5-7H2,1-4H3/t8-,12?,13+,14?,15+/m0/s1. The first-order valence-electron chi connectivity index (χ1n) is 7.57. The Bertz CT molecular complexity index is 453. The van der Waals surface area contributed by atoms with Crippen molar-refractivity contribution in [1.29, 1.82) is 0 Å². The predicted octanol–water partition coefficient (Wildman–Crippen LogP) is 1.19. The third-order valence-corrected chi connectivity index (χ3v) is 3.72. The van der Waals surface area contributed by atoms with E-state index >= 15 is 0 Å². The molecule has 1 saturated heterocycles. The molecule has 0 amide bonds. The van der Waals surface area contributed by atoms with Crippen molar-refractivity contribution in [2.45, 2.75) is 52.3 Å². The van der Waals surface area contributed by atoms with Crippen molar-refractivity contribution in [3.05, 3.63) is 0 Å². The Labute approximate surface area is 149 Å². The van der Waals surface area contributed by atoms with Gasteiger partial charge in [0.1, 0.15) is 18.8 Å². The van der Waals surface area contributed by atoms with Crippen LogP contribution in [0.25, 0.3) is 0 Å². The molecule has 0 radical (unpaired) electrons. The molecular weight excluding hydrogens is 388 g/mol. The molecule has 2 unspecified atom stereocenters. The molecule has 0 aromatic heterocycles. The van der Waals surface area contributed by atoms with E-state index in [0.29, 0.717) is 11.9 Å². The van der Waals surface area contributed by atoms with Gasteiger partial charge in [0.25, 0.3) is 0 Å². The van der Waals surface area contributed by atoms with Crippen molar-refractivity contribution >= 4 is 33.8 Å². The minimum atomic E-state index is -0.853. The van der Waals surface area contributed by atoms with E-state index in [-0.39, 0.29) is 6.61 Å². The third-order valence-electron chi connectivity index (χ3n) is 3.39. The maximum Gasteiger partial charge on any atom is 0.303 e. The Hall–Kier alpha value is -1.19. The summed E-state index contributed by atoms with van der Waals surface area (Å²) in [6, 6.07) is 0. The molecule has 8 nitrogen and oxygen atoms in total. The molecule has 0 aromatic rings. The first kappa shape index (κ1) is 20.9. The van der Waals surface area contributed by atoms with Gasteiger partial charge in [-0.2, -0.15) is 0 Å². The van der Waals surface area contributed by atoms with E-state index in [1.807, 2.05) is 0 Å². The van der Waals surface area contributed by atoms with Crippen molar-refractivity contribution in [1.82, 2.24) is 0 Å². The lowest BCUT2D eigenvalue weighted by Gasteiger charge is -2.43. The van der Waals surface area contributed by atoms with Crippen LogP contribution in [0.1, 0.15) is 27.7 Å². The third kappa shape index (κ3) is 6.37. The van der Waals surface area contributed by atoms with Crippen molar-refractivity contribution in [3.63, 3.8) is 0 Å². The predicted molar refractivity (Wildman–Crippen MR) is 85.3 cm³/mol. The zero-order valence-electron chi connectivity index (χ0n) is 14.2. The maximum atomic E-state index is 11.4. The Balaban J connectivity index is 2.98. The lowest BCUT2D eigenvalue weighted by atomic mass is 9.90. The number of halogens is 1. The SMILES string of the molecule is CC(=O)OCC1O[C@@H](OCCBr)C(OC(C)=O)[C@@H](C)[C@H]1OC(C)=O. The number of rotatable bonds is 7. The fraction of sp³-hybridized carbons (Fsp3) is 0.800. The van der Waals surface area contributed by atoms with Gasteiger partial charge in [-0.1, -0.05) is 22.9 Å².